The summed E-state index contributed by atoms with van der Waals surface area (Å²) in [5.41, 5.74) is 0.602. The molecule has 0 saturated carbocycles. The standard InChI is InChI=1S/C18H25N3O3/c1-12-10-13(2)20-15(14(12)11-19)21-7-4-18(5-8-21)16(22)17(3,23)6-9-24-18/h10,16,22-23H,4-9H2,1-3H3/t16-,17+/m0/s1. The average molecular weight is 331 g/mol. The highest BCUT2D eigenvalue weighted by molar-refractivity contribution is 5.58. The van der Waals surface area contributed by atoms with Crippen molar-refractivity contribution in [2.45, 2.75) is 57.3 Å². The minimum atomic E-state index is -1.11. The second-order valence-electron chi connectivity index (χ2n) is 7.30. The molecule has 2 aliphatic rings. The molecule has 2 atom stereocenters. The van der Waals surface area contributed by atoms with Crippen LogP contribution in [0.2, 0.25) is 0 Å². The molecule has 1 aromatic rings. The van der Waals surface area contributed by atoms with Gasteiger partial charge in [0.05, 0.1) is 17.8 Å². The predicted molar refractivity (Wildman–Crippen MR) is 89.8 cm³/mol. The first-order valence-corrected chi connectivity index (χ1v) is 8.47. The number of nitrogens with zero attached hydrogens (tertiary/aromatic N) is 3. The van der Waals surface area contributed by atoms with E-state index < -0.39 is 17.3 Å². The number of aryl methyl sites for hydroxylation is 2. The number of aromatic nitrogens is 1. The van der Waals surface area contributed by atoms with Crippen molar-refractivity contribution < 1.29 is 14.9 Å². The summed E-state index contributed by atoms with van der Waals surface area (Å²) in [5.74, 6) is 0.710. The smallest absolute Gasteiger partial charge is 0.147 e. The third-order valence-electron chi connectivity index (χ3n) is 5.43. The monoisotopic (exact) mass is 331 g/mol. The predicted octanol–water partition coefficient (Wildman–Crippen LogP) is 1.44. The summed E-state index contributed by atoms with van der Waals surface area (Å²) in [6.45, 7) is 7.25. The Kier molecular flexibility index (Phi) is 4.28. The first-order chi connectivity index (χ1) is 11.3. The van der Waals surface area contributed by atoms with Crippen LogP contribution in [0.1, 0.15) is 43.0 Å². The van der Waals surface area contributed by atoms with Crippen LogP contribution in [-0.2, 0) is 4.74 Å². The van der Waals surface area contributed by atoms with Crippen molar-refractivity contribution in [2.75, 3.05) is 24.6 Å². The van der Waals surface area contributed by atoms with E-state index in [2.05, 4.69) is 16.0 Å². The number of hydrogen-bond acceptors (Lipinski definition) is 6. The van der Waals surface area contributed by atoms with Crippen molar-refractivity contribution in [1.82, 2.24) is 4.98 Å². The summed E-state index contributed by atoms with van der Waals surface area (Å²) in [4.78, 5) is 6.65. The molecule has 1 aromatic heterocycles. The van der Waals surface area contributed by atoms with Crippen LogP contribution in [0.15, 0.2) is 6.07 Å². The van der Waals surface area contributed by atoms with Crippen LogP contribution in [0.25, 0.3) is 0 Å². The number of aliphatic hydroxyl groups is 2. The molecule has 24 heavy (non-hydrogen) atoms. The van der Waals surface area contributed by atoms with Gasteiger partial charge in [-0.1, -0.05) is 0 Å². The third kappa shape index (κ3) is 2.77. The second kappa shape index (κ2) is 5.99. The van der Waals surface area contributed by atoms with Crippen molar-refractivity contribution in [3.05, 3.63) is 22.9 Å². The van der Waals surface area contributed by atoms with E-state index in [1.165, 1.54) is 0 Å². The molecule has 3 rings (SSSR count). The summed E-state index contributed by atoms with van der Waals surface area (Å²) < 4.78 is 5.92. The lowest BCUT2D eigenvalue weighted by Gasteiger charge is -2.51. The molecule has 0 radical (unpaired) electrons. The third-order valence-corrected chi connectivity index (χ3v) is 5.43. The molecule has 6 heteroatoms. The molecule has 0 bridgehead atoms. The van der Waals surface area contributed by atoms with Crippen molar-refractivity contribution in [1.29, 1.82) is 5.26 Å². The minimum absolute atomic E-state index is 0.441. The van der Waals surface area contributed by atoms with Gasteiger partial charge in [-0.05, 0) is 45.2 Å². The van der Waals surface area contributed by atoms with Crippen LogP contribution >= 0.6 is 0 Å². The summed E-state index contributed by atoms with van der Waals surface area (Å²) in [6, 6.07) is 4.17. The Morgan fingerprint density at radius 3 is 2.62 bits per heavy atom. The zero-order valence-electron chi connectivity index (χ0n) is 14.5. The van der Waals surface area contributed by atoms with Crippen LogP contribution in [0.5, 0.6) is 0 Å². The molecule has 2 saturated heterocycles. The zero-order chi connectivity index (χ0) is 17.5. The van der Waals surface area contributed by atoms with E-state index in [1.807, 2.05) is 19.9 Å². The number of ether oxygens (including phenoxy) is 1. The van der Waals surface area contributed by atoms with Crippen LogP contribution < -0.4 is 4.90 Å². The Morgan fingerprint density at radius 2 is 2.00 bits per heavy atom. The van der Waals surface area contributed by atoms with Crippen LogP contribution in [0.4, 0.5) is 5.82 Å². The fourth-order valence-corrected chi connectivity index (χ4v) is 3.94. The van der Waals surface area contributed by atoms with E-state index in [0.717, 1.165) is 11.3 Å². The molecule has 2 fully saturated rings. The topological polar surface area (TPSA) is 89.6 Å². The molecular formula is C18H25N3O3. The highest BCUT2D eigenvalue weighted by atomic mass is 16.5. The molecule has 2 aliphatic heterocycles. The number of piperidine rings is 1. The number of hydrogen-bond donors (Lipinski definition) is 2. The maximum atomic E-state index is 10.6. The van der Waals surface area contributed by atoms with E-state index in [0.29, 0.717) is 50.3 Å². The van der Waals surface area contributed by atoms with E-state index in [4.69, 9.17) is 4.74 Å². The lowest BCUT2D eigenvalue weighted by molar-refractivity contribution is -0.239. The fraction of sp³-hybridized carbons (Fsp3) is 0.667. The van der Waals surface area contributed by atoms with Gasteiger partial charge in [0.15, 0.2) is 0 Å². The van der Waals surface area contributed by atoms with E-state index in [-0.39, 0.29) is 0 Å². The maximum absolute atomic E-state index is 10.6. The summed E-state index contributed by atoms with van der Waals surface area (Å²) in [5, 5.41) is 30.5. The molecule has 6 nitrogen and oxygen atoms in total. The lowest BCUT2D eigenvalue weighted by Crippen LogP contribution is -2.64. The van der Waals surface area contributed by atoms with Crippen molar-refractivity contribution >= 4 is 5.82 Å². The average Bonchev–Trinajstić information content (AvgIpc) is 2.53. The Labute approximate surface area is 142 Å². The summed E-state index contributed by atoms with van der Waals surface area (Å²) in [7, 11) is 0. The van der Waals surface area contributed by atoms with Gasteiger partial charge in [-0.15, -0.1) is 0 Å². The SMILES string of the molecule is Cc1cc(C)c(C#N)c(N2CCC3(CC2)OCC[C@@](C)(O)[C@@H]3O)n1. The number of anilines is 1. The first kappa shape index (κ1) is 17.2. The summed E-state index contributed by atoms with van der Waals surface area (Å²) in [6.07, 6.45) is 0.744. The Bertz CT molecular complexity index is 673. The highest BCUT2D eigenvalue weighted by Gasteiger charge is 2.52. The van der Waals surface area contributed by atoms with Gasteiger partial charge in [0.1, 0.15) is 23.6 Å². The normalized spacial score (nSPS) is 29.5. The van der Waals surface area contributed by atoms with Gasteiger partial charge in [0.25, 0.3) is 0 Å². The Morgan fingerprint density at radius 1 is 1.33 bits per heavy atom. The minimum Gasteiger partial charge on any atom is -0.387 e. The molecule has 0 unspecified atom stereocenters. The molecular weight excluding hydrogens is 306 g/mol. The molecule has 130 valence electrons. The van der Waals surface area contributed by atoms with Gasteiger partial charge in [-0.25, -0.2) is 4.98 Å². The first-order valence-electron chi connectivity index (χ1n) is 8.47. The number of aliphatic hydroxyl groups excluding tert-OH is 1. The van der Waals surface area contributed by atoms with Crippen molar-refractivity contribution in [2.24, 2.45) is 0 Å². The molecule has 2 N–H and O–H groups in total. The molecule has 1 spiro atoms. The quantitative estimate of drug-likeness (QED) is 0.809. The highest BCUT2D eigenvalue weighted by Crippen LogP contribution is 2.40. The van der Waals surface area contributed by atoms with Crippen molar-refractivity contribution in [3.63, 3.8) is 0 Å². The van der Waals surface area contributed by atoms with Gasteiger partial charge >= 0.3 is 0 Å². The van der Waals surface area contributed by atoms with Gasteiger partial charge in [0.2, 0.25) is 0 Å². The van der Waals surface area contributed by atoms with Crippen LogP contribution in [0, 0.1) is 25.2 Å². The Balaban J connectivity index is 1.83. The Hall–Kier alpha value is -1.68. The maximum Gasteiger partial charge on any atom is 0.147 e. The zero-order valence-corrected chi connectivity index (χ0v) is 14.5. The van der Waals surface area contributed by atoms with E-state index in [9.17, 15) is 15.5 Å². The second-order valence-corrected chi connectivity index (χ2v) is 7.30. The van der Waals surface area contributed by atoms with E-state index >= 15 is 0 Å². The molecule has 0 amide bonds. The van der Waals surface area contributed by atoms with Crippen LogP contribution in [-0.4, -0.2) is 52.2 Å². The number of pyridine rings is 1. The van der Waals surface area contributed by atoms with Gasteiger partial charge < -0.3 is 19.8 Å². The van der Waals surface area contributed by atoms with Crippen molar-refractivity contribution in [3.8, 4) is 6.07 Å². The lowest BCUT2D eigenvalue weighted by atomic mass is 9.75. The summed E-state index contributed by atoms with van der Waals surface area (Å²) >= 11 is 0. The van der Waals surface area contributed by atoms with Crippen LogP contribution in [0.3, 0.4) is 0 Å². The number of nitriles is 1. The largest absolute Gasteiger partial charge is 0.387 e. The molecule has 0 aromatic carbocycles. The van der Waals surface area contributed by atoms with Gasteiger partial charge in [0, 0.05) is 25.2 Å². The molecule has 3 heterocycles. The number of rotatable bonds is 1. The van der Waals surface area contributed by atoms with E-state index in [1.54, 1.807) is 6.92 Å². The van der Waals surface area contributed by atoms with Gasteiger partial charge in [-0.2, -0.15) is 5.26 Å². The fourth-order valence-electron chi connectivity index (χ4n) is 3.94. The molecule has 0 aliphatic carbocycles. The van der Waals surface area contributed by atoms with Gasteiger partial charge in [-0.3, -0.25) is 0 Å².